The first-order chi connectivity index (χ1) is 53.6. The highest BCUT2D eigenvalue weighted by atomic mass is 19.2. The Balaban J connectivity index is 0.797. The summed E-state index contributed by atoms with van der Waals surface area (Å²) in [5, 5.41) is 0. The second-order valence-corrected chi connectivity index (χ2v) is 30.9. The van der Waals surface area contributed by atoms with Crippen LogP contribution in [0.5, 0.6) is 17.2 Å². The summed E-state index contributed by atoms with van der Waals surface area (Å²) in [6.07, 6.45) is 9.40. The SMILES string of the molecule is C=Cc1ccc(OC2=CC=C(C3(c4ccc(F)c(F)c4F)c4ccccc4-c4ccc(N(c5ccc(F)cc5)c5ccc6c(c5)C5(CC6(C)C)CC(C)(C)c6ccc(N(c7ccc(F)cc7)c7ccc8c(c7)C(c7ccc(Oc9ccc(C=C)cc9)cc7)(c7ccc(F)c(F)c7F)c7ccccc7-8)cc65)cc43)CC2)cc1. The minimum absolute atomic E-state index is 0.0598. The molecule has 3 atom stereocenters. The van der Waals surface area contributed by atoms with Crippen molar-refractivity contribution in [1.29, 1.82) is 0 Å². The molecule has 5 aliphatic carbocycles. The molecule has 546 valence electrons. The van der Waals surface area contributed by atoms with E-state index in [1.165, 1.54) is 36.4 Å². The van der Waals surface area contributed by atoms with E-state index in [9.17, 15) is 0 Å². The summed E-state index contributed by atoms with van der Waals surface area (Å²) in [6.45, 7) is 16.8. The summed E-state index contributed by atoms with van der Waals surface area (Å²) >= 11 is 0. The van der Waals surface area contributed by atoms with Gasteiger partial charge in [-0.3, -0.25) is 0 Å². The topological polar surface area (TPSA) is 24.9 Å². The zero-order chi connectivity index (χ0) is 76.6. The van der Waals surface area contributed by atoms with Gasteiger partial charge in [-0.1, -0.05) is 186 Å². The van der Waals surface area contributed by atoms with Crippen LogP contribution in [0.4, 0.5) is 69.2 Å². The molecule has 0 saturated carbocycles. The molecule has 0 heterocycles. The van der Waals surface area contributed by atoms with Gasteiger partial charge in [0.25, 0.3) is 0 Å². The molecule has 0 N–H and O–H groups in total. The maximum absolute atomic E-state index is 17.5. The molecule has 111 heavy (non-hydrogen) atoms. The number of anilines is 6. The highest BCUT2D eigenvalue weighted by molar-refractivity contribution is 5.92. The van der Waals surface area contributed by atoms with Crippen LogP contribution in [0.3, 0.4) is 0 Å². The van der Waals surface area contributed by atoms with Crippen molar-refractivity contribution >= 4 is 46.3 Å². The zero-order valence-corrected chi connectivity index (χ0v) is 61.2. The highest BCUT2D eigenvalue weighted by Crippen LogP contribution is 2.66. The molecule has 0 amide bonds. The Kier molecular flexibility index (Phi) is 16.7. The van der Waals surface area contributed by atoms with Crippen molar-refractivity contribution in [3.63, 3.8) is 0 Å². The van der Waals surface area contributed by atoms with Crippen LogP contribution >= 0.6 is 0 Å². The maximum Gasteiger partial charge on any atom is 0.194 e. The van der Waals surface area contributed by atoms with E-state index in [0.29, 0.717) is 99.3 Å². The molecule has 0 aliphatic heterocycles. The molecule has 0 bridgehead atoms. The number of halogens is 8. The summed E-state index contributed by atoms with van der Waals surface area (Å²) in [4.78, 5) is 4.13. The molecule has 0 radical (unpaired) electrons. The second kappa shape index (κ2) is 26.4. The normalized spacial score (nSPS) is 18.4. The third-order valence-electron chi connectivity index (χ3n) is 23.7. The smallest absolute Gasteiger partial charge is 0.194 e. The van der Waals surface area contributed by atoms with Gasteiger partial charge >= 0.3 is 0 Å². The molecule has 13 aromatic rings. The minimum atomic E-state index is -1.61. The summed E-state index contributed by atoms with van der Waals surface area (Å²) in [6, 6.07) is 79.7. The van der Waals surface area contributed by atoms with Gasteiger partial charge in [0.2, 0.25) is 0 Å². The molecule has 18 rings (SSSR count). The Hall–Kier alpha value is -12.5. The maximum atomic E-state index is 17.5. The molecule has 1 spiro atoms. The Morgan fingerprint density at radius 2 is 0.703 bits per heavy atom. The van der Waals surface area contributed by atoms with Gasteiger partial charge in [0.05, 0.1) is 10.8 Å². The number of benzene rings is 13. The number of hydrogen-bond donors (Lipinski definition) is 0. The fourth-order valence-corrected chi connectivity index (χ4v) is 19.1. The van der Waals surface area contributed by atoms with E-state index in [4.69, 9.17) is 9.47 Å². The number of allylic oxidation sites excluding steroid dienone is 4. The fraction of sp³-hybridized carbons (Fsp3) is 0.131. The molecule has 4 nitrogen and oxygen atoms in total. The molecule has 5 aliphatic rings. The third kappa shape index (κ3) is 11.1. The van der Waals surface area contributed by atoms with Gasteiger partial charge in [-0.15, -0.1) is 0 Å². The molecule has 0 saturated heterocycles. The molecular formula is C99H72F8N2O2. The number of ether oxygens (including phenoxy) is 2. The van der Waals surface area contributed by atoms with Crippen LogP contribution in [0.2, 0.25) is 0 Å². The van der Waals surface area contributed by atoms with Crippen molar-refractivity contribution in [3.8, 4) is 39.5 Å². The molecule has 13 aromatic carbocycles. The zero-order valence-electron chi connectivity index (χ0n) is 61.2. The van der Waals surface area contributed by atoms with Gasteiger partial charge in [0.15, 0.2) is 34.9 Å². The van der Waals surface area contributed by atoms with Gasteiger partial charge in [-0.2, -0.15) is 0 Å². The van der Waals surface area contributed by atoms with Crippen LogP contribution < -0.4 is 19.3 Å². The largest absolute Gasteiger partial charge is 0.462 e. The van der Waals surface area contributed by atoms with Crippen LogP contribution in [0, 0.1) is 46.5 Å². The predicted octanol–water partition coefficient (Wildman–Crippen LogP) is 26.8. The van der Waals surface area contributed by atoms with Crippen LogP contribution in [-0.2, 0) is 27.1 Å². The molecule has 12 heteroatoms. The van der Waals surface area contributed by atoms with Gasteiger partial charge in [-0.25, -0.2) is 35.1 Å². The van der Waals surface area contributed by atoms with E-state index in [1.807, 2.05) is 158 Å². The van der Waals surface area contributed by atoms with Gasteiger partial charge < -0.3 is 19.3 Å². The molecule has 3 unspecified atom stereocenters. The van der Waals surface area contributed by atoms with Gasteiger partial charge in [0.1, 0.15) is 34.6 Å². The Labute approximate surface area is 639 Å². The van der Waals surface area contributed by atoms with E-state index < -0.39 is 73.6 Å². The average Bonchev–Trinajstić information content (AvgIpc) is 1.54. The lowest BCUT2D eigenvalue weighted by atomic mass is 9.65. The van der Waals surface area contributed by atoms with E-state index in [1.54, 1.807) is 48.6 Å². The highest BCUT2D eigenvalue weighted by Gasteiger charge is 2.57. The van der Waals surface area contributed by atoms with E-state index in [-0.39, 0.29) is 11.1 Å². The summed E-state index contributed by atoms with van der Waals surface area (Å²) < 4.78 is 142. The van der Waals surface area contributed by atoms with E-state index in [0.717, 1.165) is 84.7 Å². The lowest BCUT2D eigenvalue weighted by Crippen LogP contribution is -2.32. The van der Waals surface area contributed by atoms with Crippen molar-refractivity contribution in [3.05, 3.63) is 422 Å². The third-order valence-corrected chi connectivity index (χ3v) is 23.7. The van der Waals surface area contributed by atoms with Crippen LogP contribution in [0.1, 0.15) is 126 Å². The number of nitrogens with zero attached hydrogens (tertiary/aromatic N) is 2. The lowest BCUT2D eigenvalue weighted by Gasteiger charge is -2.38. The standard InChI is InChI=1S/C99H72F8N2O2/c1-7-59-17-37-71(38-18-59)110-73-41-21-61(22-42-73)98(83-49-51-89(102)93(106)91(83)104)79-15-11-9-13-75(79)77-45-33-67(53-85(77)98)108(65-29-25-63(100)26-30-65)69-35-47-81-87(55-69)97(57-95(81,3)4)58-96(5,6)82-48-36-70(56-88(82)97)109(66-31-27-64(101)28-32-66)68-34-46-78-76-14-10-12-16-80(76)99(86(78)54-68,84-50-52-90(103)94(107)92(84)105)62-23-43-74(44-24-62)111-72-39-19-60(8-2)20-40-72/h7-23,25-43,45-56H,1-2,24,44,57-58H2,3-6H3. The molecular weight excluding hydrogens is 1400 g/mol. The van der Waals surface area contributed by atoms with Crippen LogP contribution in [0.25, 0.3) is 34.4 Å². The second-order valence-electron chi connectivity index (χ2n) is 30.9. The Morgan fingerprint density at radius 1 is 0.324 bits per heavy atom. The summed E-state index contributed by atoms with van der Waals surface area (Å²) in [5.41, 5.74) is 12.2. The van der Waals surface area contributed by atoms with E-state index in [2.05, 4.69) is 87.1 Å². The van der Waals surface area contributed by atoms with Crippen molar-refractivity contribution in [2.75, 3.05) is 9.80 Å². The molecule has 0 aromatic heterocycles. The Morgan fingerprint density at radius 3 is 1.15 bits per heavy atom. The van der Waals surface area contributed by atoms with Crippen LogP contribution in [0.15, 0.2) is 304 Å². The first-order valence-electron chi connectivity index (χ1n) is 37.1. The van der Waals surface area contributed by atoms with Crippen molar-refractivity contribution in [2.24, 2.45) is 0 Å². The summed E-state index contributed by atoms with van der Waals surface area (Å²) in [7, 11) is 0. The average molecular weight is 1470 g/mol. The van der Waals surface area contributed by atoms with E-state index >= 15 is 35.1 Å². The number of rotatable bonds is 16. The van der Waals surface area contributed by atoms with Gasteiger partial charge in [0, 0.05) is 57.1 Å². The van der Waals surface area contributed by atoms with Crippen molar-refractivity contribution < 1.29 is 44.6 Å². The first kappa shape index (κ1) is 70.2. The quantitative estimate of drug-likeness (QED) is 0.0711. The molecule has 0 fully saturated rings. The Bertz CT molecular complexity index is 6060. The van der Waals surface area contributed by atoms with Crippen molar-refractivity contribution in [2.45, 2.75) is 80.5 Å². The minimum Gasteiger partial charge on any atom is -0.462 e. The number of hydrogen-bond acceptors (Lipinski definition) is 4. The monoisotopic (exact) mass is 1470 g/mol. The lowest BCUT2D eigenvalue weighted by molar-refractivity contribution is 0.349. The fourth-order valence-electron chi connectivity index (χ4n) is 19.1. The number of fused-ring (bicyclic) bond motifs is 10. The first-order valence-corrected chi connectivity index (χ1v) is 37.1. The van der Waals surface area contributed by atoms with Gasteiger partial charge in [-0.05, 0) is 265 Å². The van der Waals surface area contributed by atoms with Crippen LogP contribution in [-0.4, -0.2) is 0 Å². The predicted molar refractivity (Wildman–Crippen MR) is 426 cm³/mol. The summed E-state index contributed by atoms with van der Waals surface area (Å²) in [5.74, 6) is -7.05. The van der Waals surface area contributed by atoms with Crippen molar-refractivity contribution in [1.82, 2.24) is 0 Å².